The fraction of sp³-hybridized carbons (Fsp3) is 0.438. The second kappa shape index (κ2) is 7.59. The Hall–Kier alpha value is -1.88. The van der Waals surface area contributed by atoms with E-state index in [4.69, 9.17) is 10.00 Å². The van der Waals surface area contributed by atoms with Gasteiger partial charge in [0, 0.05) is 12.8 Å². The molecule has 2 aromatic rings. The topological polar surface area (TPSA) is 68.2 Å². The lowest BCUT2D eigenvalue weighted by atomic mass is 10.2. The zero-order chi connectivity index (χ0) is 16.1. The molecule has 0 unspecified atom stereocenters. The van der Waals surface area contributed by atoms with Crippen molar-refractivity contribution in [3.63, 3.8) is 0 Å². The van der Waals surface area contributed by atoms with Crippen molar-refractivity contribution in [2.75, 3.05) is 26.3 Å². The van der Waals surface area contributed by atoms with Crippen LogP contribution < -0.4 is 4.90 Å². The van der Waals surface area contributed by atoms with Crippen LogP contribution in [0.4, 0.5) is 0 Å². The number of rotatable bonds is 5. The molecule has 1 aromatic heterocycles. The molecule has 1 fully saturated rings. The highest BCUT2D eigenvalue weighted by Crippen LogP contribution is 2.21. The maximum Gasteiger partial charge on any atom is 0.191 e. The zero-order valence-corrected chi connectivity index (χ0v) is 14.0. The monoisotopic (exact) mass is 330 g/mol. The van der Waals surface area contributed by atoms with Gasteiger partial charge in [0.05, 0.1) is 24.8 Å². The first-order chi connectivity index (χ1) is 11.3. The summed E-state index contributed by atoms with van der Waals surface area (Å²) in [6.45, 7) is 4.60. The lowest BCUT2D eigenvalue weighted by Gasteiger charge is -2.23. The van der Waals surface area contributed by atoms with Crippen molar-refractivity contribution in [2.24, 2.45) is 7.05 Å². The van der Waals surface area contributed by atoms with Crippen LogP contribution in [0.5, 0.6) is 0 Å². The maximum atomic E-state index is 8.82. The highest BCUT2D eigenvalue weighted by Gasteiger charge is 2.18. The van der Waals surface area contributed by atoms with Gasteiger partial charge in [0.2, 0.25) is 0 Å². The van der Waals surface area contributed by atoms with E-state index < -0.39 is 0 Å². The average Bonchev–Trinajstić information content (AvgIpc) is 2.94. The van der Waals surface area contributed by atoms with Gasteiger partial charge in [-0.3, -0.25) is 0 Å². The highest BCUT2D eigenvalue weighted by molar-refractivity contribution is 7.98. The minimum absolute atomic E-state index is 0.688. The summed E-state index contributed by atoms with van der Waals surface area (Å²) in [5.74, 6) is 1.84. The third-order valence-electron chi connectivity index (χ3n) is 3.98. The molecule has 6 nitrogen and oxygen atoms in total. The van der Waals surface area contributed by atoms with Crippen molar-refractivity contribution >= 4 is 11.8 Å². The van der Waals surface area contributed by atoms with E-state index in [-0.39, 0.29) is 0 Å². The third-order valence-corrected chi connectivity index (χ3v) is 5.08. The minimum atomic E-state index is 0.688. The Kier molecular flexibility index (Phi) is 5.28. The quantitative estimate of drug-likeness (QED) is 0.804. The van der Waals surface area contributed by atoms with E-state index in [1.54, 1.807) is 11.8 Å². The number of thioether (sulfide) groups is 1. The van der Waals surface area contributed by atoms with Gasteiger partial charge in [0.15, 0.2) is 11.0 Å². The van der Waals surface area contributed by atoms with Crippen molar-refractivity contribution in [3.8, 4) is 6.07 Å². The van der Waals surface area contributed by atoms with Crippen molar-refractivity contribution in [3.05, 3.63) is 41.2 Å². The largest absolute Gasteiger partial charge is 0.370 e. The molecule has 23 heavy (non-hydrogen) atoms. The lowest BCUT2D eigenvalue weighted by molar-refractivity contribution is -0.922. The molecule has 120 valence electrons. The van der Waals surface area contributed by atoms with Crippen LogP contribution >= 0.6 is 11.8 Å². The Morgan fingerprint density at radius 3 is 2.70 bits per heavy atom. The predicted octanol–water partition coefficient (Wildman–Crippen LogP) is 0.394. The summed E-state index contributed by atoms with van der Waals surface area (Å²) in [7, 11) is 2.02. The summed E-state index contributed by atoms with van der Waals surface area (Å²) in [6.07, 6.45) is 0. The van der Waals surface area contributed by atoms with Crippen LogP contribution in [-0.2, 0) is 24.1 Å². The number of benzene rings is 1. The molecule has 3 rings (SSSR count). The van der Waals surface area contributed by atoms with Gasteiger partial charge in [-0.2, -0.15) is 5.26 Å². The zero-order valence-electron chi connectivity index (χ0n) is 13.2. The van der Waals surface area contributed by atoms with Crippen molar-refractivity contribution in [1.82, 2.24) is 14.8 Å². The summed E-state index contributed by atoms with van der Waals surface area (Å²) in [5, 5.41) is 18.4. The highest BCUT2D eigenvalue weighted by atomic mass is 32.2. The number of ether oxygens (including phenoxy) is 1. The van der Waals surface area contributed by atoms with Crippen LogP contribution in [0.3, 0.4) is 0 Å². The van der Waals surface area contributed by atoms with Gasteiger partial charge in [-0.05, 0) is 17.7 Å². The van der Waals surface area contributed by atoms with E-state index in [9.17, 15) is 0 Å². The fourth-order valence-corrected chi connectivity index (χ4v) is 3.39. The van der Waals surface area contributed by atoms with E-state index in [0.29, 0.717) is 5.56 Å². The van der Waals surface area contributed by atoms with Crippen molar-refractivity contribution in [2.45, 2.75) is 17.5 Å². The molecule has 1 aliphatic rings. The molecule has 1 saturated heterocycles. The van der Waals surface area contributed by atoms with Gasteiger partial charge in [-0.25, -0.2) is 0 Å². The molecule has 0 aliphatic carbocycles. The van der Waals surface area contributed by atoms with Crippen LogP contribution in [0.15, 0.2) is 29.4 Å². The number of quaternary nitrogens is 1. The van der Waals surface area contributed by atoms with Gasteiger partial charge in [-0.1, -0.05) is 23.9 Å². The van der Waals surface area contributed by atoms with E-state index in [0.717, 1.165) is 49.6 Å². The van der Waals surface area contributed by atoms with Crippen LogP contribution in [0.2, 0.25) is 0 Å². The van der Waals surface area contributed by atoms with E-state index in [1.165, 1.54) is 10.5 Å². The van der Waals surface area contributed by atoms with Gasteiger partial charge >= 0.3 is 0 Å². The molecule has 0 amide bonds. The molecule has 0 spiro atoms. The molecule has 2 heterocycles. The van der Waals surface area contributed by atoms with Crippen LogP contribution in [0.25, 0.3) is 0 Å². The summed E-state index contributed by atoms with van der Waals surface area (Å²) in [6, 6.07) is 9.80. The number of hydrogen-bond donors (Lipinski definition) is 1. The van der Waals surface area contributed by atoms with Crippen LogP contribution in [0.1, 0.15) is 17.0 Å². The molecule has 1 N–H and O–H groups in total. The molecule has 0 atom stereocenters. The van der Waals surface area contributed by atoms with Gasteiger partial charge in [-0.15, -0.1) is 10.2 Å². The number of hydrogen-bond acceptors (Lipinski definition) is 5. The number of nitrogens with one attached hydrogen (secondary N) is 1. The first-order valence-electron chi connectivity index (χ1n) is 7.67. The summed E-state index contributed by atoms with van der Waals surface area (Å²) >= 11 is 1.67. The van der Waals surface area contributed by atoms with E-state index >= 15 is 0 Å². The van der Waals surface area contributed by atoms with Gasteiger partial charge in [0.25, 0.3) is 0 Å². The molecular weight excluding hydrogens is 310 g/mol. The Balaban J connectivity index is 1.58. The fourth-order valence-electron chi connectivity index (χ4n) is 2.51. The molecule has 0 bridgehead atoms. The van der Waals surface area contributed by atoms with Gasteiger partial charge < -0.3 is 14.2 Å². The number of nitrogens with zero attached hydrogens (tertiary/aromatic N) is 4. The summed E-state index contributed by atoms with van der Waals surface area (Å²) in [4.78, 5) is 1.50. The summed E-state index contributed by atoms with van der Waals surface area (Å²) < 4.78 is 7.47. The second-order valence-corrected chi connectivity index (χ2v) is 6.54. The molecule has 0 radical (unpaired) electrons. The molecule has 7 heteroatoms. The standard InChI is InChI=1S/C16H19N5OS/c1-20-15(11-21-6-8-22-9-7-21)18-19-16(20)23-12-14-4-2-13(10-17)3-5-14/h2-5H,6-9,11-12H2,1H3/p+1. The Morgan fingerprint density at radius 1 is 1.26 bits per heavy atom. The first kappa shape index (κ1) is 16.0. The third kappa shape index (κ3) is 4.10. The lowest BCUT2D eigenvalue weighted by Crippen LogP contribution is -3.12. The smallest absolute Gasteiger partial charge is 0.191 e. The molecule has 0 saturated carbocycles. The summed E-state index contributed by atoms with van der Waals surface area (Å²) in [5.41, 5.74) is 1.87. The Bertz CT molecular complexity index is 685. The Labute approximate surface area is 140 Å². The average molecular weight is 330 g/mol. The SMILES string of the molecule is Cn1c(C[NH+]2CCOCC2)nnc1SCc1ccc(C#N)cc1. The van der Waals surface area contributed by atoms with Gasteiger partial charge in [0.1, 0.15) is 19.6 Å². The van der Waals surface area contributed by atoms with E-state index in [1.807, 2.05) is 31.3 Å². The first-order valence-corrected chi connectivity index (χ1v) is 8.66. The Morgan fingerprint density at radius 2 is 2.00 bits per heavy atom. The second-order valence-electron chi connectivity index (χ2n) is 5.59. The van der Waals surface area contributed by atoms with Crippen molar-refractivity contribution < 1.29 is 9.64 Å². The van der Waals surface area contributed by atoms with E-state index in [2.05, 4.69) is 20.8 Å². The normalized spacial score (nSPS) is 15.5. The minimum Gasteiger partial charge on any atom is -0.370 e. The molecule has 1 aromatic carbocycles. The number of aromatic nitrogens is 3. The predicted molar refractivity (Wildman–Crippen MR) is 86.9 cm³/mol. The van der Waals surface area contributed by atoms with Crippen LogP contribution in [0, 0.1) is 11.3 Å². The maximum absolute atomic E-state index is 8.82. The number of morpholine rings is 1. The number of nitriles is 1. The molecule has 1 aliphatic heterocycles. The van der Waals surface area contributed by atoms with Crippen molar-refractivity contribution in [1.29, 1.82) is 5.26 Å². The van der Waals surface area contributed by atoms with Crippen LogP contribution in [-0.4, -0.2) is 41.1 Å². The molecular formula is C16H20N5OS+.